The highest BCUT2D eigenvalue weighted by Crippen LogP contribution is 2.55. The standard InChI is InChI=1S/C24H23FN6O3.C23H22ClFN6O3/c1-11-3-4-14(9-15(11)25)27-22(33)20-12(2)19(17-8-13-7-16(13)31(17)20)21(32)23(34)28-24(5-6-24)18-10-26-30-29-18;1-11-5-6-13(18(25)17(11)24)27-21(33)19-12(2)16(14-4-3-9-31(14)19)20(32)22(34)28-23(7-8-23)15-10-26-30-29-15/h3-4,9-10,13,16H,5-8H2,1-2H3,(H,27,33)(H,28,34)(H,26,29,30);5-6,10H,3-4,7-9H2,1-2H3,(H,27,33)(H,28,34)(H,26,29,30)/t13-,16-;/m1./s1. The van der Waals surface area contributed by atoms with Crippen LogP contribution in [0.5, 0.6) is 0 Å². The van der Waals surface area contributed by atoms with Crippen LogP contribution in [0.1, 0.15) is 131 Å². The number of nitrogens with one attached hydrogen (secondary N) is 6. The Morgan fingerprint density at radius 2 is 1.32 bits per heavy atom. The quantitative estimate of drug-likeness (QED) is 0.0625. The van der Waals surface area contributed by atoms with Crippen LogP contribution in [0.4, 0.5) is 20.2 Å². The molecule has 18 nitrogen and oxygen atoms in total. The summed E-state index contributed by atoms with van der Waals surface area (Å²) in [5.41, 5.74) is 4.44. The molecule has 68 heavy (non-hydrogen) atoms. The number of nitrogens with zero attached hydrogens (tertiary/aromatic N) is 6. The van der Waals surface area contributed by atoms with Gasteiger partial charge in [0.05, 0.1) is 45.3 Å². The lowest BCUT2D eigenvalue weighted by atomic mass is 10.0. The van der Waals surface area contributed by atoms with Crippen molar-refractivity contribution < 1.29 is 37.5 Å². The smallest absolute Gasteiger partial charge is 0.293 e. The van der Waals surface area contributed by atoms with Gasteiger partial charge in [-0.2, -0.15) is 30.8 Å². The maximum Gasteiger partial charge on any atom is 0.293 e. The number of halogens is 3. The Balaban J connectivity index is 0.000000159. The Kier molecular flexibility index (Phi) is 10.8. The number of aromatic nitrogens is 8. The number of rotatable bonds is 12. The van der Waals surface area contributed by atoms with Gasteiger partial charge in [-0.1, -0.05) is 23.7 Å². The van der Waals surface area contributed by atoms with Crippen LogP contribution in [0.15, 0.2) is 42.7 Å². The second-order valence-electron chi connectivity index (χ2n) is 18.4. The number of benzene rings is 2. The highest BCUT2D eigenvalue weighted by Gasteiger charge is 2.53. The summed E-state index contributed by atoms with van der Waals surface area (Å²) in [5, 5.41) is 31.6. The van der Waals surface area contributed by atoms with Gasteiger partial charge in [-0.05, 0) is 125 Å². The van der Waals surface area contributed by atoms with Gasteiger partial charge in [0.2, 0.25) is 0 Å². The van der Waals surface area contributed by atoms with E-state index in [-0.39, 0.29) is 28.0 Å². The number of amides is 4. The molecule has 3 fully saturated rings. The number of hydrogen-bond donors (Lipinski definition) is 6. The molecule has 2 atom stereocenters. The molecule has 5 aliphatic rings. The molecule has 21 heteroatoms. The SMILES string of the molecule is Cc1ccc(NC(=O)c2c(C)c(C(=O)C(=O)NC3(c4cn[nH]n4)CC3)c3n2CCC3)c(F)c1Cl.Cc1ccc(NC(=O)c2c(C)c(C(=O)C(=O)NC3(c4cn[nH]n4)CC3)c3n2[C@@H]2C[C@@H]2C3)cc1F. The molecular weight excluding hydrogens is 902 g/mol. The molecule has 4 amide bonds. The van der Waals surface area contributed by atoms with Gasteiger partial charge >= 0.3 is 0 Å². The average molecular weight is 947 g/mol. The van der Waals surface area contributed by atoms with E-state index in [0.29, 0.717) is 107 Å². The van der Waals surface area contributed by atoms with Crippen LogP contribution in [0, 0.1) is 45.2 Å². The number of anilines is 2. The van der Waals surface area contributed by atoms with Crippen LogP contribution >= 0.6 is 11.6 Å². The van der Waals surface area contributed by atoms with Crippen LogP contribution in [-0.2, 0) is 40.1 Å². The van der Waals surface area contributed by atoms with E-state index in [4.69, 9.17) is 11.6 Å². The molecule has 2 aromatic carbocycles. The third-order valence-corrected chi connectivity index (χ3v) is 14.4. The second kappa shape index (κ2) is 16.5. The molecule has 6 aromatic rings. The number of fused-ring (bicyclic) bond motifs is 4. The minimum Gasteiger partial charge on any atom is -0.340 e. The van der Waals surface area contributed by atoms with Gasteiger partial charge in [-0.25, -0.2) is 8.78 Å². The molecule has 0 bridgehead atoms. The van der Waals surface area contributed by atoms with Crippen LogP contribution in [-0.4, -0.2) is 75.2 Å². The summed E-state index contributed by atoms with van der Waals surface area (Å²) >= 11 is 5.98. The molecule has 350 valence electrons. The largest absolute Gasteiger partial charge is 0.340 e. The summed E-state index contributed by atoms with van der Waals surface area (Å²) in [6, 6.07) is 7.71. The van der Waals surface area contributed by atoms with Gasteiger partial charge in [0.15, 0.2) is 5.82 Å². The zero-order valence-corrected chi connectivity index (χ0v) is 38.1. The number of hydrogen-bond acceptors (Lipinski definition) is 10. The fourth-order valence-electron chi connectivity index (χ4n) is 9.81. The molecule has 6 heterocycles. The van der Waals surface area contributed by atoms with Gasteiger partial charge in [0.1, 0.15) is 28.6 Å². The maximum atomic E-state index is 14.6. The van der Waals surface area contributed by atoms with Crippen LogP contribution < -0.4 is 21.3 Å². The Bertz CT molecular complexity index is 3130. The Hall–Kier alpha value is -7.35. The minimum absolute atomic E-state index is 0.0533. The van der Waals surface area contributed by atoms with Crippen molar-refractivity contribution in [3.63, 3.8) is 0 Å². The number of carbonyl (C=O) groups is 6. The van der Waals surface area contributed by atoms with Gasteiger partial charge < -0.3 is 30.4 Å². The summed E-state index contributed by atoms with van der Waals surface area (Å²) in [7, 11) is 0. The van der Waals surface area contributed by atoms with Gasteiger partial charge in [-0.15, -0.1) is 0 Å². The van der Waals surface area contributed by atoms with E-state index in [1.165, 1.54) is 18.3 Å². The van der Waals surface area contributed by atoms with Crippen molar-refractivity contribution in [3.05, 3.63) is 127 Å². The molecule has 4 aromatic heterocycles. The van der Waals surface area contributed by atoms with E-state index < -0.39 is 57.9 Å². The van der Waals surface area contributed by atoms with Crippen LogP contribution in [0.2, 0.25) is 5.02 Å². The summed E-state index contributed by atoms with van der Waals surface area (Å²) in [6.07, 6.45) is 8.62. The number of aryl methyl sites for hydroxylation is 2. The van der Waals surface area contributed by atoms with E-state index in [2.05, 4.69) is 52.1 Å². The van der Waals surface area contributed by atoms with E-state index in [9.17, 15) is 37.5 Å². The molecule has 0 radical (unpaired) electrons. The van der Waals surface area contributed by atoms with Crippen molar-refractivity contribution in [2.75, 3.05) is 10.6 Å². The lowest BCUT2D eigenvalue weighted by Crippen LogP contribution is -2.40. The summed E-state index contributed by atoms with van der Waals surface area (Å²) in [4.78, 5) is 79.0. The molecule has 0 saturated heterocycles. The van der Waals surface area contributed by atoms with Crippen LogP contribution in [0.3, 0.4) is 0 Å². The number of ketones is 2. The maximum absolute atomic E-state index is 14.6. The molecule has 6 N–H and O–H groups in total. The monoisotopic (exact) mass is 946 g/mol. The average Bonchev–Trinajstić information content (AvgIpc) is 4.07. The van der Waals surface area contributed by atoms with Crippen LogP contribution in [0.25, 0.3) is 0 Å². The molecule has 11 rings (SSSR count). The number of H-pyrrole nitrogens is 2. The van der Waals surface area contributed by atoms with Crippen molar-refractivity contribution in [1.29, 1.82) is 0 Å². The van der Waals surface area contributed by atoms with E-state index in [1.54, 1.807) is 56.7 Å². The van der Waals surface area contributed by atoms with Crippen molar-refractivity contribution in [1.82, 2.24) is 50.6 Å². The highest BCUT2D eigenvalue weighted by atomic mass is 35.5. The van der Waals surface area contributed by atoms with Crippen molar-refractivity contribution in [2.24, 2.45) is 5.92 Å². The predicted octanol–water partition coefficient (Wildman–Crippen LogP) is 5.92. The highest BCUT2D eigenvalue weighted by molar-refractivity contribution is 6.44. The zero-order valence-electron chi connectivity index (χ0n) is 37.3. The lowest BCUT2D eigenvalue weighted by molar-refractivity contribution is -0.118. The second-order valence-corrected chi connectivity index (χ2v) is 18.7. The number of carbonyl (C=O) groups excluding carboxylic acids is 6. The van der Waals surface area contributed by atoms with E-state index in [1.807, 2.05) is 4.57 Å². The van der Waals surface area contributed by atoms with Crippen molar-refractivity contribution >= 4 is 58.2 Å². The zero-order chi connectivity index (χ0) is 48.0. The first-order chi connectivity index (χ1) is 32.5. The summed E-state index contributed by atoms with van der Waals surface area (Å²) < 4.78 is 32.2. The third kappa shape index (κ3) is 7.55. The van der Waals surface area contributed by atoms with Gasteiger partial charge in [0.25, 0.3) is 35.2 Å². The Morgan fingerprint density at radius 1 is 0.750 bits per heavy atom. The topological polar surface area (TPSA) is 244 Å². The van der Waals surface area contributed by atoms with Gasteiger partial charge in [0, 0.05) is 29.7 Å². The fraction of sp³-hybridized carbons (Fsp3) is 0.362. The molecule has 3 aliphatic carbocycles. The summed E-state index contributed by atoms with van der Waals surface area (Å²) in [5.74, 6) is -4.59. The van der Waals surface area contributed by atoms with E-state index in [0.717, 1.165) is 18.5 Å². The Labute approximate surface area is 391 Å². The molecule has 3 saturated carbocycles. The minimum atomic E-state index is -0.757. The molecule has 0 spiro atoms. The Morgan fingerprint density at radius 3 is 1.90 bits per heavy atom. The van der Waals surface area contributed by atoms with E-state index >= 15 is 0 Å². The predicted molar refractivity (Wildman–Crippen MR) is 240 cm³/mol. The first-order valence-corrected chi connectivity index (χ1v) is 22.7. The normalized spacial score (nSPS) is 18.3. The first kappa shape index (κ1) is 44.5. The first-order valence-electron chi connectivity index (χ1n) is 22.3. The molecule has 2 aliphatic heterocycles. The van der Waals surface area contributed by atoms with Crippen molar-refractivity contribution in [2.45, 2.75) is 103 Å². The number of Topliss-reactive ketones (excluding diaryl/α,β-unsaturated/α-hetero) is 2. The summed E-state index contributed by atoms with van der Waals surface area (Å²) in [6.45, 7) is 7.16. The fourth-order valence-corrected chi connectivity index (χ4v) is 9.98. The van der Waals surface area contributed by atoms with Gasteiger partial charge in [-0.3, -0.25) is 28.8 Å². The molecule has 0 unspecified atom stereocenters. The third-order valence-electron chi connectivity index (χ3n) is 13.9. The lowest BCUT2D eigenvalue weighted by Gasteiger charge is -2.14. The van der Waals surface area contributed by atoms with Crippen molar-refractivity contribution in [3.8, 4) is 0 Å². The molecular formula is C47H45ClF2N12O6. The number of aromatic amines is 2.